The van der Waals surface area contributed by atoms with Crippen molar-refractivity contribution in [1.29, 1.82) is 0 Å². The van der Waals surface area contributed by atoms with Crippen LogP contribution in [0.1, 0.15) is 31.1 Å². The number of hydrogen-bond donors (Lipinski definition) is 4. The van der Waals surface area contributed by atoms with E-state index >= 15 is 0 Å². The first kappa shape index (κ1) is 17.5. The molecule has 1 unspecified atom stereocenters. The molecule has 0 fully saturated rings. The molecule has 0 spiro atoms. The molecule has 0 aliphatic carbocycles. The number of aliphatic carboxylic acids is 1. The summed E-state index contributed by atoms with van der Waals surface area (Å²) in [6.07, 6.45) is 0. The summed E-state index contributed by atoms with van der Waals surface area (Å²) in [6, 6.07) is 6.07. The quantitative estimate of drug-likeness (QED) is 0.641. The predicted octanol–water partition coefficient (Wildman–Crippen LogP) is 1.67. The van der Waals surface area contributed by atoms with Gasteiger partial charge in [0.15, 0.2) is 0 Å². The Hall–Kier alpha value is -2.57. The minimum Gasteiger partial charge on any atom is -0.481 e. The Morgan fingerprint density at radius 2 is 1.86 bits per heavy atom. The Kier molecular flexibility index (Phi) is 6.37. The Bertz CT molecular complexity index is 557. The molecule has 1 aromatic carbocycles. The summed E-state index contributed by atoms with van der Waals surface area (Å²) in [5.41, 5.74) is 0.831. The summed E-state index contributed by atoms with van der Waals surface area (Å²) < 4.78 is 0. The molecule has 7 heteroatoms. The molecule has 0 heterocycles. The number of rotatable bonds is 6. The summed E-state index contributed by atoms with van der Waals surface area (Å²) >= 11 is 0. The maximum Gasteiger partial charge on any atom is 0.319 e. The van der Waals surface area contributed by atoms with Crippen molar-refractivity contribution in [3.05, 3.63) is 29.8 Å². The highest BCUT2D eigenvalue weighted by Crippen LogP contribution is 2.10. The van der Waals surface area contributed by atoms with E-state index in [-0.39, 0.29) is 24.5 Å². The third kappa shape index (κ3) is 5.82. The monoisotopic (exact) mass is 307 g/mol. The average Bonchev–Trinajstić information content (AvgIpc) is 2.43. The van der Waals surface area contributed by atoms with Gasteiger partial charge < -0.3 is 21.1 Å². The largest absolute Gasteiger partial charge is 0.481 e. The smallest absolute Gasteiger partial charge is 0.319 e. The van der Waals surface area contributed by atoms with Crippen molar-refractivity contribution in [2.45, 2.75) is 26.8 Å². The first-order valence-electron chi connectivity index (χ1n) is 6.98. The molecule has 1 rings (SSSR count). The van der Waals surface area contributed by atoms with Gasteiger partial charge in [-0.2, -0.15) is 0 Å². The zero-order valence-corrected chi connectivity index (χ0v) is 12.8. The molecule has 7 nitrogen and oxygen atoms in total. The summed E-state index contributed by atoms with van der Waals surface area (Å²) in [4.78, 5) is 34.3. The zero-order valence-electron chi connectivity index (χ0n) is 12.8. The molecule has 22 heavy (non-hydrogen) atoms. The van der Waals surface area contributed by atoms with E-state index in [0.29, 0.717) is 11.3 Å². The van der Waals surface area contributed by atoms with Crippen molar-refractivity contribution >= 4 is 23.6 Å². The fraction of sp³-hybridized carbons (Fsp3) is 0.400. The summed E-state index contributed by atoms with van der Waals surface area (Å²) in [6.45, 7) is 5.23. The predicted molar refractivity (Wildman–Crippen MR) is 82.9 cm³/mol. The van der Waals surface area contributed by atoms with Crippen LogP contribution < -0.4 is 16.0 Å². The highest BCUT2D eigenvalue weighted by Gasteiger charge is 2.13. The minimum atomic E-state index is -0.971. The number of hydrogen-bond acceptors (Lipinski definition) is 3. The second kappa shape index (κ2) is 8.02. The average molecular weight is 307 g/mol. The van der Waals surface area contributed by atoms with Gasteiger partial charge in [-0.05, 0) is 32.0 Å². The Morgan fingerprint density at radius 1 is 1.18 bits per heavy atom. The number of urea groups is 1. The lowest BCUT2D eigenvalue weighted by Crippen LogP contribution is -2.34. The van der Waals surface area contributed by atoms with Gasteiger partial charge in [0.1, 0.15) is 0 Å². The van der Waals surface area contributed by atoms with Crippen LogP contribution >= 0.6 is 0 Å². The minimum absolute atomic E-state index is 0.00369. The standard InChI is InChI=1S/C15H21N3O4/c1-9(2)17-15(22)18-12-6-4-5-11(7-12)13(19)16-8-10(3)14(20)21/h4-7,9-10H,8H2,1-3H3,(H,16,19)(H,20,21)(H2,17,18,22). The van der Waals surface area contributed by atoms with Crippen LogP contribution in [0, 0.1) is 5.92 Å². The van der Waals surface area contributed by atoms with E-state index < -0.39 is 11.9 Å². The fourth-order valence-corrected chi connectivity index (χ4v) is 1.60. The van der Waals surface area contributed by atoms with Gasteiger partial charge in [0.25, 0.3) is 5.91 Å². The number of anilines is 1. The third-order valence-corrected chi connectivity index (χ3v) is 2.79. The van der Waals surface area contributed by atoms with Gasteiger partial charge in [0, 0.05) is 23.8 Å². The molecule has 1 atom stereocenters. The van der Waals surface area contributed by atoms with Gasteiger partial charge in [-0.25, -0.2) is 4.79 Å². The summed E-state index contributed by atoms with van der Waals surface area (Å²) in [5.74, 6) is -2.02. The molecule has 0 aliphatic heterocycles. The van der Waals surface area contributed by atoms with Crippen molar-refractivity contribution in [2.75, 3.05) is 11.9 Å². The Balaban J connectivity index is 2.65. The van der Waals surface area contributed by atoms with E-state index in [9.17, 15) is 14.4 Å². The van der Waals surface area contributed by atoms with Gasteiger partial charge in [-0.1, -0.05) is 13.0 Å². The van der Waals surface area contributed by atoms with Crippen molar-refractivity contribution in [1.82, 2.24) is 10.6 Å². The van der Waals surface area contributed by atoms with Crippen LogP contribution in [-0.4, -0.2) is 35.6 Å². The van der Waals surface area contributed by atoms with E-state index in [4.69, 9.17) is 5.11 Å². The van der Waals surface area contributed by atoms with Crippen LogP contribution in [0.25, 0.3) is 0 Å². The molecule has 3 amide bonds. The van der Waals surface area contributed by atoms with Crippen LogP contribution in [-0.2, 0) is 4.79 Å². The van der Waals surface area contributed by atoms with Gasteiger partial charge in [0.2, 0.25) is 0 Å². The van der Waals surface area contributed by atoms with Gasteiger partial charge in [-0.3, -0.25) is 9.59 Å². The van der Waals surface area contributed by atoms with Crippen LogP contribution in [0.3, 0.4) is 0 Å². The first-order chi connectivity index (χ1) is 10.3. The Labute approximate surface area is 129 Å². The highest BCUT2D eigenvalue weighted by molar-refractivity contribution is 5.97. The first-order valence-corrected chi connectivity index (χ1v) is 6.98. The molecule has 4 N–H and O–H groups in total. The van der Waals surface area contributed by atoms with Crippen molar-refractivity contribution < 1.29 is 19.5 Å². The van der Waals surface area contributed by atoms with E-state index in [1.807, 2.05) is 13.8 Å². The molecule has 0 saturated carbocycles. The number of carbonyl (C=O) groups is 3. The van der Waals surface area contributed by atoms with Crippen LogP contribution in [0.15, 0.2) is 24.3 Å². The number of nitrogens with one attached hydrogen (secondary N) is 3. The van der Waals surface area contributed by atoms with Gasteiger partial charge in [0.05, 0.1) is 5.92 Å². The van der Waals surface area contributed by atoms with Crippen molar-refractivity contribution in [3.8, 4) is 0 Å². The second-order valence-corrected chi connectivity index (χ2v) is 5.28. The van der Waals surface area contributed by atoms with E-state index in [1.165, 1.54) is 13.0 Å². The van der Waals surface area contributed by atoms with Gasteiger partial charge in [-0.15, -0.1) is 0 Å². The number of amides is 3. The van der Waals surface area contributed by atoms with Crippen LogP contribution in [0.2, 0.25) is 0 Å². The highest BCUT2D eigenvalue weighted by atomic mass is 16.4. The van der Waals surface area contributed by atoms with Crippen LogP contribution in [0.5, 0.6) is 0 Å². The molecule has 0 aromatic heterocycles. The van der Waals surface area contributed by atoms with E-state index in [2.05, 4.69) is 16.0 Å². The SMILES string of the molecule is CC(C)NC(=O)Nc1cccc(C(=O)NCC(C)C(=O)O)c1. The normalized spacial score (nSPS) is 11.6. The third-order valence-electron chi connectivity index (χ3n) is 2.79. The van der Waals surface area contributed by atoms with Gasteiger partial charge >= 0.3 is 12.0 Å². The fourth-order valence-electron chi connectivity index (χ4n) is 1.60. The molecular formula is C15H21N3O4. The lowest BCUT2D eigenvalue weighted by atomic mass is 10.1. The molecule has 0 bridgehead atoms. The van der Waals surface area contributed by atoms with Crippen molar-refractivity contribution in [2.24, 2.45) is 5.92 Å². The zero-order chi connectivity index (χ0) is 16.7. The van der Waals surface area contributed by atoms with E-state index in [1.54, 1.807) is 18.2 Å². The molecule has 1 aromatic rings. The van der Waals surface area contributed by atoms with Crippen molar-refractivity contribution in [3.63, 3.8) is 0 Å². The van der Waals surface area contributed by atoms with E-state index in [0.717, 1.165) is 0 Å². The maximum absolute atomic E-state index is 12.0. The lowest BCUT2D eigenvalue weighted by Gasteiger charge is -2.12. The number of carboxylic acids is 1. The number of carboxylic acid groups (broad SMARTS) is 1. The molecule has 120 valence electrons. The summed E-state index contributed by atoms with van der Waals surface area (Å²) in [7, 11) is 0. The molecular weight excluding hydrogens is 286 g/mol. The lowest BCUT2D eigenvalue weighted by molar-refractivity contribution is -0.140. The summed E-state index contributed by atoms with van der Waals surface area (Å²) in [5, 5.41) is 16.6. The number of carbonyl (C=O) groups excluding carboxylic acids is 2. The molecule has 0 aliphatic rings. The Morgan fingerprint density at radius 3 is 2.45 bits per heavy atom. The number of benzene rings is 1. The second-order valence-electron chi connectivity index (χ2n) is 5.28. The topological polar surface area (TPSA) is 108 Å². The maximum atomic E-state index is 12.0. The van der Waals surface area contributed by atoms with Crippen LogP contribution in [0.4, 0.5) is 10.5 Å². The molecule has 0 saturated heterocycles. The molecule has 0 radical (unpaired) electrons.